The SMILES string of the molecule is CNCc1csc(CN=Nc2ccc(-c3cnco3)c(I)c2)n1. The number of oxazole rings is 1. The van der Waals surface area contributed by atoms with E-state index in [1.807, 2.05) is 30.6 Å². The van der Waals surface area contributed by atoms with Crippen LogP contribution >= 0.6 is 33.9 Å². The molecule has 0 aliphatic rings. The predicted molar refractivity (Wildman–Crippen MR) is 97.8 cm³/mol. The van der Waals surface area contributed by atoms with Crippen LogP contribution in [0.3, 0.4) is 0 Å². The number of benzene rings is 1. The van der Waals surface area contributed by atoms with Crippen LogP contribution in [-0.2, 0) is 13.1 Å². The highest BCUT2D eigenvalue weighted by atomic mass is 127. The van der Waals surface area contributed by atoms with Crippen molar-refractivity contribution in [1.29, 1.82) is 0 Å². The summed E-state index contributed by atoms with van der Waals surface area (Å²) in [7, 11) is 1.91. The van der Waals surface area contributed by atoms with E-state index < -0.39 is 0 Å². The maximum Gasteiger partial charge on any atom is 0.181 e. The van der Waals surface area contributed by atoms with E-state index in [4.69, 9.17) is 4.42 Å². The fraction of sp³-hybridized carbons (Fsp3) is 0.200. The number of rotatable bonds is 6. The minimum atomic E-state index is 0.495. The molecule has 0 spiro atoms. The van der Waals surface area contributed by atoms with Crippen LogP contribution in [0.5, 0.6) is 0 Å². The van der Waals surface area contributed by atoms with Gasteiger partial charge in [-0.05, 0) is 47.8 Å². The minimum Gasteiger partial charge on any atom is -0.443 e. The Bertz CT molecular complexity index is 800. The molecule has 0 unspecified atom stereocenters. The Morgan fingerprint density at radius 2 is 2.30 bits per heavy atom. The highest BCUT2D eigenvalue weighted by molar-refractivity contribution is 14.1. The van der Waals surface area contributed by atoms with E-state index in [0.29, 0.717) is 6.54 Å². The Kier molecular flexibility index (Phi) is 5.47. The van der Waals surface area contributed by atoms with E-state index in [0.717, 1.165) is 37.8 Å². The molecule has 23 heavy (non-hydrogen) atoms. The number of hydrogen-bond donors (Lipinski definition) is 1. The number of aromatic nitrogens is 2. The molecule has 3 rings (SSSR count). The molecule has 0 saturated carbocycles. The Labute approximate surface area is 151 Å². The van der Waals surface area contributed by atoms with Crippen LogP contribution in [0.2, 0.25) is 0 Å². The van der Waals surface area contributed by atoms with Crippen molar-refractivity contribution in [2.75, 3.05) is 7.05 Å². The van der Waals surface area contributed by atoms with Crippen LogP contribution < -0.4 is 5.32 Å². The minimum absolute atomic E-state index is 0.495. The van der Waals surface area contributed by atoms with Crippen molar-refractivity contribution in [2.24, 2.45) is 10.2 Å². The van der Waals surface area contributed by atoms with Gasteiger partial charge in [-0.15, -0.1) is 11.3 Å². The van der Waals surface area contributed by atoms with Gasteiger partial charge in [0.2, 0.25) is 0 Å². The summed E-state index contributed by atoms with van der Waals surface area (Å²) in [6.07, 6.45) is 3.12. The van der Waals surface area contributed by atoms with Gasteiger partial charge >= 0.3 is 0 Å². The number of hydrogen-bond acceptors (Lipinski definition) is 7. The molecule has 0 fully saturated rings. The lowest BCUT2D eigenvalue weighted by Gasteiger charge is -2.01. The zero-order valence-corrected chi connectivity index (χ0v) is 15.3. The summed E-state index contributed by atoms with van der Waals surface area (Å²) < 4.78 is 6.36. The molecule has 0 saturated heterocycles. The van der Waals surface area contributed by atoms with Gasteiger partial charge in [0.15, 0.2) is 12.2 Å². The van der Waals surface area contributed by atoms with Gasteiger partial charge in [-0.2, -0.15) is 10.2 Å². The standard InChI is InChI=1S/C15H14IN5OS/c1-17-5-11-8-23-15(20-11)7-19-21-10-2-3-12(13(16)4-10)14-6-18-9-22-14/h2-4,6,8-9,17H,5,7H2,1H3. The van der Waals surface area contributed by atoms with Crippen LogP contribution in [0, 0.1) is 3.57 Å². The van der Waals surface area contributed by atoms with Crippen LogP contribution in [0.1, 0.15) is 10.7 Å². The lowest BCUT2D eigenvalue weighted by molar-refractivity contribution is 0.571. The molecule has 0 atom stereocenters. The average molecular weight is 439 g/mol. The molecule has 118 valence electrons. The zero-order valence-electron chi connectivity index (χ0n) is 12.4. The van der Waals surface area contributed by atoms with Gasteiger partial charge in [-0.3, -0.25) is 0 Å². The number of halogens is 1. The molecule has 0 amide bonds. The van der Waals surface area contributed by atoms with Crippen molar-refractivity contribution in [1.82, 2.24) is 15.3 Å². The molecule has 0 aliphatic carbocycles. The van der Waals surface area contributed by atoms with Crippen molar-refractivity contribution in [2.45, 2.75) is 13.1 Å². The van der Waals surface area contributed by atoms with Crippen LogP contribution in [0.15, 0.2) is 50.8 Å². The summed E-state index contributed by atoms with van der Waals surface area (Å²) in [6.45, 7) is 1.27. The van der Waals surface area contributed by atoms with Crippen molar-refractivity contribution < 1.29 is 4.42 Å². The lowest BCUT2D eigenvalue weighted by Crippen LogP contribution is -2.05. The van der Waals surface area contributed by atoms with Gasteiger partial charge < -0.3 is 9.73 Å². The second kappa shape index (κ2) is 7.75. The summed E-state index contributed by atoms with van der Waals surface area (Å²) in [5, 5.41) is 14.6. The van der Waals surface area contributed by atoms with Gasteiger partial charge in [-0.1, -0.05) is 0 Å². The highest BCUT2D eigenvalue weighted by Crippen LogP contribution is 2.28. The third-order valence-electron chi connectivity index (χ3n) is 3.00. The number of azo groups is 1. The van der Waals surface area contributed by atoms with E-state index in [1.165, 1.54) is 6.39 Å². The Morgan fingerprint density at radius 1 is 1.39 bits per heavy atom. The fourth-order valence-corrected chi connectivity index (χ4v) is 3.45. The van der Waals surface area contributed by atoms with Crippen molar-refractivity contribution in [3.63, 3.8) is 0 Å². The number of nitrogens with one attached hydrogen (secondary N) is 1. The predicted octanol–water partition coefficient (Wildman–Crippen LogP) is 4.41. The van der Waals surface area contributed by atoms with Gasteiger partial charge in [0.25, 0.3) is 0 Å². The quantitative estimate of drug-likeness (QED) is 0.456. The van der Waals surface area contributed by atoms with E-state index in [2.05, 4.69) is 48.1 Å². The molecule has 8 heteroatoms. The summed E-state index contributed by atoms with van der Waals surface area (Å²) in [4.78, 5) is 8.42. The molecule has 0 aliphatic heterocycles. The summed E-state index contributed by atoms with van der Waals surface area (Å²) >= 11 is 3.86. The van der Waals surface area contributed by atoms with Crippen molar-refractivity contribution in [3.8, 4) is 11.3 Å². The van der Waals surface area contributed by atoms with Gasteiger partial charge in [0.1, 0.15) is 11.6 Å². The van der Waals surface area contributed by atoms with Gasteiger partial charge in [0, 0.05) is 21.1 Å². The molecular weight excluding hydrogens is 425 g/mol. The molecule has 2 heterocycles. The second-order valence-electron chi connectivity index (χ2n) is 4.69. The normalized spacial score (nSPS) is 11.4. The van der Waals surface area contributed by atoms with Crippen molar-refractivity contribution >= 4 is 39.6 Å². The van der Waals surface area contributed by atoms with E-state index in [9.17, 15) is 0 Å². The van der Waals surface area contributed by atoms with E-state index >= 15 is 0 Å². The summed E-state index contributed by atoms with van der Waals surface area (Å²) in [5.74, 6) is 0.748. The first kappa shape index (κ1) is 16.2. The third-order valence-corrected chi connectivity index (χ3v) is 4.77. The first-order chi connectivity index (χ1) is 11.3. The Balaban J connectivity index is 1.66. The maximum absolute atomic E-state index is 5.32. The van der Waals surface area contributed by atoms with Crippen LogP contribution in [0.4, 0.5) is 5.69 Å². The van der Waals surface area contributed by atoms with Crippen LogP contribution in [0.25, 0.3) is 11.3 Å². The molecule has 2 aromatic heterocycles. The number of nitrogens with zero attached hydrogens (tertiary/aromatic N) is 4. The Morgan fingerprint density at radius 3 is 3.04 bits per heavy atom. The fourth-order valence-electron chi connectivity index (χ4n) is 1.98. The molecule has 1 N–H and O–H groups in total. The summed E-state index contributed by atoms with van der Waals surface area (Å²) in [5.41, 5.74) is 2.84. The Hall–Kier alpha value is -1.65. The highest BCUT2D eigenvalue weighted by Gasteiger charge is 2.07. The van der Waals surface area contributed by atoms with Gasteiger partial charge in [0.05, 0.1) is 17.6 Å². The molecule has 3 aromatic rings. The zero-order chi connectivity index (χ0) is 16.1. The largest absolute Gasteiger partial charge is 0.443 e. The molecule has 0 bridgehead atoms. The smallest absolute Gasteiger partial charge is 0.181 e. The molecule has 0 radical (unpaired) electrons. The second-order valence-corrected chi connectivity index (χ2v) is 6.80. The van der Waals surface area contributed by atoms with Crippen LogP contribution in [-0.4, -0.2) is 17.0 Å². The van der Waals surface area contributed by atoms with E-state index in [1.54, 1.807) is 17.5 Å². The topological polar surface area (TPSA) is 75.7 Å². The first-order valence-electron chi connectivity index (χ1n) is 6.90. The molecular formula is C15H14IN5OS. The first-order valence-corrected chi connectivity index (χ1v) is 8.86. The average Bonchev–Trinajstić information content (AvgIpc) is 3.20. The maximum atomic E-state index is 5.32. The lowest BCUT2D eigenvalue weighted by atomic mass is 10.2. The number of thiazole rings is 1. The third kappa shape index (κ3) is 4.21. The molecule has 6 nitrogen and oxygen atoms in total. The van der Waals surface area contributed by atoms with E-state index in [-0.39, 0.29) is 0 Å². The summed E-state index contributed by atoms with van der Waals surface area (Å²) in [6, 6.07) is 5.85. The monoisotopic (exact) mass is 439 g/mol. The van der Waals surface area contributed by atoms with Crippen molar-refractivity contribution in [3.05, 3.63) is 50.4 Å². The van der Waals surface area contributed by atoms with Gasteiger partial charge in [-0.25, -0.2) is 9.97 Å². The molecule has 1 aromatic carbocycles.